The van der Waals surface area contributed by atoms with Crippen LogP contribution in [0.1, 0.15) is 37.2 Å². The monoisotopic (exact) mass is 406 g/mol. The number of nitrogens with zero attached hydrogens (tertiary/aromatic N) is 5. The van der Waals surface area contributed by atoms with E-state index in [0.29, 0.717) is 44.6 Å². The molecule has 9 heteroatoms. The first-order valence-electron chi connectivity index (χ1n) is 10.1. The summed E-state index contributed by atoms with van der Waals surface area (Å²) in [4.78, 5) is 5.10. The zero-order valence-corrected chi connectivity index (χ0v) is 17.1. The first-order valence-corrected chi connectivity index (χ1v) is 11.6. The summed E-state index contributed by atoms with van der Waals surface area (Å²) < 4.78 is 29.5. The fraction of sp³-hybridized carbons (Fsp3) is 0.684. The Labute approximate surface area is 167 Å². The van der Waals surface area contributed by atoms with Gasteiger partial charge in [0.15, 0.2) is 0 Å². The summed E-state index contributed by atoms with van der Waals surface area (Å²) in [5.74, 6) is 0.897. The Hall–Kier alpha value is -1.64. The molecule has 154 valence electrons. The van der Waals surface area contributed by atoms with Crippen molar-refractivity contribution in [1.82, 2.24) is 13.9 Å². The Morgan fingerprint density at radius 2 is 1.75 bits per heavy atom. The second kappa shape index (κ2) is 10.2. The van der Waals surface area contributed by atoms with Gasteiger partial charge in [0.2, 0.25) is 0 Å². The van der Waals surface area contributed by atoms with E-state index in [1.54, 1.807) is 4.31 Å². The number of likely N-dealkylation sites (tertiary alicyclic amines) is 1. The number of rotatable bonds is 8. The Morgan fingerprint density at radius 1 is 1.07 bits per heavy atom. The second-order valence-corrected chi connectivity index (χ2v) is 9.44. The van der Waals surface area contributed by atoms with Crippen molar-refractivity contribution in [1.29, 1.82) is 0 Å². The smallest absolute Gasteiger partial charge is 0.279 e. The van der Waals surface area contributed by atoms with E-state index in [2.05, 4.69) is 31.8 Å². The minimum Gasteiger partial charge on any atom is -0.302 e. The van der Waals surface area contributed by atoms with Crippen molar-refractivity contribution in [3.8, 4) is 0 Å². The van der Waals surface area contributed by atoms with Gasteiger partial charge in [-0.3, -0.25) is 0 Å². The van der Waals surface area contributed by atoms with Gasteiger partial charge < -0.3 is 4.90 Å². The number of benzene rings is 1. The van der Waals surface area contributed by atoms with Crippen molar-refractivity contribution < 1.29 is 8.42 Å². The molecule has 2 aliphatic heterocycles. The zero-order valence-electron chi connectivity index (χ0n) is 16.3. The van der Waals surface area contributed by atoms with Crippen molar-refractivity contribution >= 4 is 10.2 Å². The SMILES string of the molecule is [N-]=[N+]=NCC1CCN(CCNS(=O)(=O)N2CCC(c3ccccc3)CC2)CC1. The van der Waals surface area contributed by atoms with Crippen LogP contribution in [0.3, 0.4) is 0 Å². The van der Waals surface area contributed by atoms with Crippen molar-refractivity contribution in [3.63, 3.8) is 0 Å². The number of hydrogen-bond acceptors (Lipinski definition) is 4. The first kappa shape index (κ1) is 21.1. The van der Waals surface area contributed by atoms with Crippen LogP contribution >= 0.6 is 0 Å². The molecule has 0 saturated carbocycles. The number of piperidine rings is 2. The molecule has 8 nitrogen and oxygen atoms in total. The van der Waals surface area contributed by atoms with E-state index in [9.17, 15) is 8.42 Å². The van der Waals surface area contributed by atoms with Crippen molar-refractivity contribution in [2.24, 2.45) is 11.0 Å². The minimum absolute atomic E-state index is 0.433. The van der Waals surface area contributed by atoms with Crippen LogP contribution in [0, 0.1) is 5.92 Å². The molecule has 0 spiro atoms. The zero-order chi connectivity index (χ0) is 19.8. The maximum atomic E-state index is 12.6. The van der Waals surface area contributed by atoms with E-state index in [1.807, 2.05) is 18.2 Å². The summed E-state index contributed by atoms with van der Waals surface area (Å²) in [7, 11) is -3.41. The second-order valence-electron chi connectivity index (χ2n) is 7.68. The van der Waals surface area contributed by atoms with E-state index in [1.165, 1.54) is 5.56 Å². The van der Waals surface area contributed by atoms with Gasteiger partial charge in [-0.15, -0.1) is 0 Å². The molecule has 2 fully saturated rings. The van der Waals surface area contributed by atoms with Crippen LogP contribution in [0.25, 0.3) is 10.4 Å². The number of azide groups is 1. The van der Waals surface area contributed by atoms with Gasteiger partial charge in [-0.25, -0.2) is 4.72 Å². The maximum Gasteiger partial charge on any atom is 0.279 e. The van der Waals surface area contributed by atoms with Crippen LogP contribution in [-0.4, -0.2) is 63.4 Å². The van der Waals surface area contributed by atoms with Gasteiger partial charge in [-0.05, 0) is 61.7 Å². The highest BCUT2D eigenvalue weighted by molar-refractivity contribution is 7.87. The molecule has 0 aromatic heterocycles. The van der Waals surface area contributed by atoms with Crippen molar-refractivity contribution in [2.75, 3.05) is 45.8 Å². The molecule has 0 aliphatic carbocycles. The third-order valence-electron chi connectivity index (χ3n) is 5.89. The molecule has 1 N–H and O–H groups in total. The third-order valence-corrected chi connectivity index (χ3v) is 7.50. The Morgan fingerprint density at radius 3 is 2.39 bits per heavy atom. The van der Waals surface area contributed by atoms with Gasteiger partial charge in [0.25, 0.3) is 10.2 Å². The Kier molecular flexibility index (Phi) is 7.70. The summed E-state index contributed by atoms with van der Waals surface area (Å²) >= 11 is 0. The topological polar surface area (TPSA) is 101 Å². The molecule has 0 unspecified atom stereocenters. The predicted octanol–water partition coefficient (Wildman–Crippen LogP) is 2.72. The average molecular weight is 407 g/mol. The summed E-state index contributed by atoms with van der Waals surface area (Å²) in [6, 6.07) is 10.3. The highest BCUT2D eigenvalue weighted by atomic mass is 32.2. The van der Waals surface area contributed by atoms with E-state index in [4.69, 9.17) is 5.53 Å². The highest BCUT2D eigenvalue weighted by Crippen LogP contribution is 2.28. The fourth-order valence-electron chi connectivity index (χ4n) is 4.12. The van der Waals surface area contributed by atoms with Crippen LogP contribution in [0.15, 0.2) is 35.4 Å². The van der Waals surface area contributed by atoms with Crippen molar-refractivity contribution in [2.45, 2.75) is 31.6 Å². The molecule has 3 rings (SSSR count). The van der Waals surface area contributed by atoms with Crippen LogP contribution in [0.2, 0.25) is 0 Å². The normalized spacial score (nSPS) is 20.7. The lowest BCUT2D eigenvalue weighted by atomic mass is 9.90. The molecule has 0 radical (unpaired) electrons. The molecule has 0 amide bonds. The van der Waals surface area contributed by atoms with Gasteiger partial charge in [-0.2, -0.15) is 12.7 Å². The quantitative estimate of drug-likeness (QED) is 0.408. The maximum absolute atomic E-state index is 12.6. The largest absolute Gasteiger partial charge is 0.302 e. The molecular weight excluding hydrogens is 376 g/mol. The molecule has 0 bridgehead atoms. The standard InChI is InChI=1S/C19H30N6O2S/c20-23-21-16-17-6-11-24(12-7-17)15-10-22-28(26,27)25-13-8-19(9-14-25)18-4-2-1-3-5-18/h1-5,17,19,22H,6-16H2. The molecular formula is C19H30N6O2S. The lowest BCUT2D eigenvalue weighted by molar-refractivity contribution is 0.190. The van der Waals surface area contributed by atoms with Gasteiger partial charge in [0, 0.05) is 37.6 Å². The van der Waals surface area contributed by atoms with E-state index < -0.39 is 10.2 Å². The highest BCUT2D eigenvalue weighted by Gasteiger charge is 2.28. The molecule has 1 aromatic rings. The molecule has 28 heavy (non-hydrogen) atoms. The molecule has 2 heterocycles. The van der Waals surface area contributed by atoms with Gasteiger partial charge in [0.05, 0.1) is 0 Å². The Balaban J connectivity index is 1.37. The summed E-state index contributed by atoms with van der Waals surface area (Å²) in [6.07, 6.45) is 3.73. The molecule has 2 aliphatic rings. The van der Waals surface area contributed by atoms with Gasteiger partial charge in [0.1, 0.15) is 0 Å². The minimum atomic E-state index is -3.41. The van der Waals surface area contributed by atoms with Crippen LogP contribution in [0.4, 0.5) is 0 Å². The summed E-state index contributed by atoms with van der Waals surface area (Å²) in [5.41, 5.74) is 9.70. The number of hydrogen-bond donors (Lipinski definition) is 1. The summed E-state index contributed by atoms with van der Waals surface area (Å²) in [5, 5.41) is 3.66. The van der Waals surface area contributed by atoms with Crippen LogP contribution in [0.5, 0.6) is 0 Å². The van der Waals surface area contributed by atoms with Gasteiger partial charge in [-0.1, -0.05) is 35.4 Å². The fourth-order valence-corrected chi connectivity index (χ4v) is 5.35. The lowest BCUT2D eigenvalue weighted by Gasteiger charge is -2.33. The van der Waals surface area contributed by atoms with E-state index in [-0.39, 0.29) is 0 Å². The first-order chi connectivity index (χ1) is 13.6. The van der Waals surface area contributed by atoms with Crippen molar-refractivity contribution in [3.05, 3.63) is 46.3 Å². The van der Waals surface area contributed by atoms with Gasteiger partial charge >= 0.3 is 0 Å². The molecule has 0 atom stereocenters. The predicted molar refractivity (Wildman–Crippen MR) is 110 cm³/mol. The van der Waals surface area contributed by atoms with E-state index in [0.717, 1.165) is 38.8 Å². The lowest BCUT2D eigenvalue weighted by Crippen LogP contribution is -2.47. The molecule has 2 saturated heterocycles. The van der Waals surface area contributed by atoms with Crippen LogP contribution < -0.4 is 4.72 Å². The Bertz CT molecular complexity index is 750. The molecule has 1 aromatic carbocycles. The van der Waals surface area contributed by atoms with E-state index >= 15 is 0 Å². The third kappa shape index (κ3) is 5.93. The average Bonchev–Trinajstić information content (AvgIpc) is 2.74. The van der Waals surface area contributed by atoms with Crippen LogP contribution in [-0.2, 0) is 10.2 Å². The summed E-state index contributed by atoms with van der Waals surface area (Å²) in [6.45, 7) is 4.71. The number of nitrogens with one attached hydrogen (secondary N) is 1.